The van der Waals surface area contributed by atoms with Crippen molar-refractivity contribution in [3.05, 3.63) is 69.6 Å². The molecule has 0 saturated carbocycles. The fourth-order valence-electron chi connectivity index (χ4n) is 2.59. The third-order valence-corrected chi connectivity index (χ3v) is 5.53. The molecule has 0 aliphatic rings. The number of aryl methyl sites for hydroxylation is 1. The Balaban J connectivity index is 1.84. The fourth-order valence-corrected chi connectivity index (χ4v) is 4.11. The van der Waals surface area contributed by atoms with E-state index in [9.17, 15) is 14.7 Å². The van der Waals surface area contributed by atoms with Crippen LogP contribution in [0.2, 0.25) is 5.02 Å². The van der Waals surface area contributed by atoms with Gasteiger partial charge in [0, 0.05) is 16.5 Å². The molecule has 4 nitrogen and oxygen atoms in total. The largest absolute Gasteiger partial charge is 0.480 e. The van der Waals surface area contributed by atoms with Crippen molar-refractivity contribution in [3.63, 3.8) is 0 Å². The van der Waals surface area contributed by atoms with Crippen molar-refractivity contribution < 1.29 is 14.7 Å². The van der Waals surface area contributed by atoms with E-state index in [1.165, 1.54) is 11.3 Å². The van der Waals surface area contributed by atoms with Crippen LogP contribution in [0.15, 0.2) is 48.5 Å². The molecule has 0 unspecified atom stereocenters. The van der Waals surface area contributed by atoms with Crippen LogP contribution in [0, 0.1) is 6.92 Å². The molecule has 0 spiro atoms. The Morgan fingerprint density at radius 1 is 1.20 bits per heavy atom. The van der Waals surface area contributed by atoms with Crippen LogP contribution in [-0.4, -0.2) is 23.0 Å². The molecular weight excluding hydrogens is 358 g/mol. The van der Waals surface area contributed by atoms with Gasteiger partial charge in [0.1, 0.15) is 10.9 Å². The van der Waals surface area contributed by atoms with Crippen LogP contribution in [0.25, 0.3) is 10.1 Å². The van der Waals surface area contributed by atoms with Gasteiger partial charge in [-0.1, -0.05) is 54.1 Å². The molecule has 0 aliphatic heterocycles. The molecule has 0 fully saturated rings. The van der Waals surface area contributed by atoms with Crippen molar-refractivity contribution in [1.82, 2.24) is 5.32 Å². The fraction of sp³-hybridized carbons (Fsp3) is 0.158. The van der Waals surface area contributed by atoms with E-state index in [-0.39, 0.29) is 6.42 Å². The summed E-state index contributed by atoms with van der Waals surface area (Å²) in [6, 6.07) is 13.9. The van der Waals surface area contributed by atoms with Crippen LogP contribution >= 0.6 is 22.9 Å². The lowest BCUT2D eigenvalue weighted by Crippen LogP contribution is -2.42. The summed E-state index contributed by atoms with van der Waals surface area (Å²) in [5.74, 6) is -1.54. The second-order valence-corrected chi connectivity index (χ2v) is 7.23. The number of nitrogens with one attached hydrogen (secondary N) is 1. The first kappa shape index (κ1) is 17.5. The van der Waals surface area contributed by atoms with Crippen LogP contribution in [0.5, 0.6) is 0 Å². The molecule has 2 aromatic carbocycles. The van der Waals surface area contributed by atoms with E-state index in [4.69, 9.17) is 11.6 Å². The number of hydrogen-bond acceptors (Lipinski definition) is 3. The molecule has 6 heteroatoms. The van der Waals surface area contributed by atoms with Crippen molar-refractivity contribution >= 4 is 44.9 Å². The monoisotopic (exact) mass is 373 g/mol. The predicted molar refractivity (Wildman–Crippen MR) is 101 cm³/mol. The lowest BCUT2D eigenvalue weighted by molar-refractivity contribution is -0.139. The molecule has 3 aromatic rings. The highest BCUT2D eigenvalue weighted by atomic mass is 35.5. The third-order valence-electron chi connectivity index (χ3n) is 3.88. The van der Waals surface area contributed by atoms with Crippen molar-refractivity contribution in [2.24, 2.45) is 0 Å². The minimum absolute atomic E-state index is 0.212. The van der Waals surface area contributed by atoms with E-state index in [2.05, 4.69) is 5.32 Å². The van der Waals surface area contributed by atoms with Gasteiger partial charge < -0.3 is 10.4 Å². The number of thiophene rings is 1. The molecule has 1 amide bonds. The minimum atomic E-state index is -1.08. The Morgan fingerprint density at radius 2 is 1.92 bits per heavy atom. The number of amides is 1. The highest BCUT2D eigenvalue weighted by molar-refractivity contribution is 7.21. The van der Waals surface area contributed by atoms with Gasteiger partial charge >= 0.3 is 5.97 Å². The van der Waals surface area contributed by atoms with E-state index < -0.39 is 17.9 Å². The number of carboxylic acids is 1. The lowest BCUT2D eigenvalue weighted by atomic mass is 10.1. The van der Waals surface area contributed by atoms with Crippen molar-refractivity contribution in [1.29, 1.82) is 0 Å². The van der Waals surface area contributed by atoms with Crippen LogP contribution in [-0.2, 0) is 11.2 Å². The van der Waals surface area contributed by atoms with E-state index in [0.29, 0.717) is 9.90 Å². The molecule has 0 aliphatic carbocycles. The molecule has 1 atom stereocenters. The molecule has 0 bridgehead atoms. The molecule has 1 heterocycles. The van der Waals surface area contributed by atoms with Gasteiger partial charge in [-0.2, -0.15) is 0 Å². The van der Waals surface area contributed by atoms with E-state index in [1.807, 2.05) is 55.5 Å². The summed E-state index contributed by atoms with van der Waals surface area (Å²) >= 11 is 7.60. The SMILES string of the molecule is Cc1ccc2c(Cl)c(C(=O)N[C@H](Cc3ccccc3)C(=O)O)sc2c1. The van der Waals surface area contributed by atoms with Crippen molar-refractivity contribution in [3.8, 4) is 0 Å². The summed E-state index contributed by atoms with van der Waals surface area (Å²) < 4.78 is 0.907. The number of benzene rings is 2. The van der Waals surface area contributed by atoms with E-state index in [0.717, 1.165) is 21.2 Å². The molecule has 0 radical (unpaired) electrons. The number of rotatable bonds is 5. The van der Waals surface area contributed by atoms with Gasteiger partial charge in [-0.3, -0.25) is 4.79 Å². The first-order valence-electron chi connectivity index (χ1n) is 7.72. The van der Waals surface area contributed by atoms with Crippen molar-refractivity contribution in [2.75, 3.05) is 0 Å². The van der Waals surface area contributed by atoms with Gasteiger partial charge in [0.05, 0.1) is 5.02 Å². The van der Waals surface area contributed by atoms with Gasteiger partial charge in [0.25, 0.3) is 5.91 Å². The Kier molecular flexibility index (Phi) is 5.06. The standard InChI is InChI=1S/C19H16ClNO3S/c1-11-7-8-13-15(9-11)25-17(16(13)20)18(22)21-14(19(23)24)10-12-5-3-2-4-6-12/h2-9,14H,10H2,1H3,(H,21,22)(H,23,24)/t14-/m1/s1. The van der Waals surface area contributed by atoms with Gasteiger partial charge in [0.2, 0.25) is 0 Å². The van der Waals surface area contributed by atoms with E-state index >= 15 is 0 Å². The maximum atomic E-state index is 12.6. The average Bonchev–Trinajstić information content (AvgIpc) is 2.91. The predicted octanol–water partition coefficient (Wildman–Crippen LogP) is 4.29. The number of fused-ring (bicyclic) bond motifs is 1. The zero-order chi connectivity index (χ0) is 18.0. The second kappa shape index (κ2) is 7.25. The maximum Gasteiger partial charge on any atom is 0.326 e. The maximum absolute atomic E-state index is 12.6. The van der Waals surface area contributed by atoms with Gasteiger partial charge in [-0.15, -0.1) is 11.3 Å². The quantitative estimate of drug-likeness (QED) is 0.701. The number of carboxylic acid groups (broad SMARTS) is 1. The molecule has 128 valence electrons. The summed E-state index contributed by atoms with van der Waals surface area (Å²) in [4.78, 5) is 24.4. The summed E-state index contributed by atoms with van der Waals surface area (Å²) in [5, 5.41) is 13.2. The minimum Gasteiger partial charge on any atom is -0.480 e. The molecule has 2 N–H and O–H groups in total. The van der Waals surface area contributed by atoms with E-state index in [1.54, 1.807) is 0 Å². The molecular formula is C19H16ClNO3S. The van der Waals surface area contributed by atoms with Gasteiger partial charge in [-0.05, 0) is 24.1 Å². The zero-order valence-electron chi connectivity index (χ0n) is 13.5. The number of hydrogen-bond donors (Lipinski definition) is 2. The Labute approximate surface area is 154 Å². The highest BCUT2D eigenvalue weighted by Crippen LogP contribution is 2.35. The first-order valence-corrected chi connectivity index (χ1v) is 8.91. The number of halogens is 1. The smallest absolute Gasteiger partial charge is 0.326 e. The highest BCUT2D eigenvalue weighted by Gasteiger charge is 2.24. The second-order valence-electron chi connectivity index (χ2n) is 5.80. The van der Waals surface area contributed by atoms with Crippen LogP contribution in [0.1, 0.15) is 20.8 Å². The first-order chi connectivity index (χ1) is 12.0. The number of carbonyl (C=O) groups is 2. The zero-order valence-corrected chi connectivity index (χ0v) is 15.0. The van der Waals surface area contributed by atoms with Crippen LogP contribution < -0.4 is 5.32 Å². The summed E-state index contributed by atoms with van der Waals surface area (Å²) in [6.07, 6.45) is 0.212. The summed E-state index contributed by atoms with van der Waals surface area (Å²) in [5.41, 5.74) is 1.91. The van der Waals surface area contributed by atoms with Crippen molar-refractivity contribution in [2.45, 2.75) is 19.4 Å². The third kappa shape index (κ3) is 3.83. The molecule has 1 aromatic heterocycles. The molecule has 0 saturated heterocycles. The average molecular weight is 374 g/mol. The Morgan fingerprint density at radius 3 is 2.60 bits per heavy atom. The summed E-state index contributed by atoms with van der Waals surface area (Å²) in [7, 11) is 0. The van der Waals surface area contributed by atoms with Crippen LogP contribution in [0.4, 0.5) is 0 Å². The Bertz CT molecular complexity index is 936. The topological polar surface area (TPSA) is 66.4 Å². The van der Waals surface area contributed by atoms with Gasteiger partial charge in [-0.25, -0.2) is 4.79 Å². The summed E-state index contributed by atoms with van der Waals surface area (Å²) in [6.45, 7) is 1.97. The molecule has 3 rings (SSSR count). The normalized spacial score (nSPS) is 12.1. The Hall–Kier alpha value is -2.37. The molecule has 25 heavy (non-hydrogen) atoms. The van der Waals surface area contributed by atoms with Gasteiger partial charge in [0.15, 0.2) is 0 Å². The number of aliphatic carboxylic acids is 1. The lowest BCUT2D eigenvalue weighted by Gasteiger charge is -2.14. The van der Waals surface area contributed by atoms with Crippen LogP contribution in [0.3, 0.4) is 0 Å². The number of carbonyl (C=O) groups excluding carboxylic acids is 1.